The second kappa shape index (κ2) is 7.95. The summed E-state index contributed by atoms with van der Waals surface area (Å²) in [4.78, 5) is 33.0. The summed E-state index contributed by atoms with van der Waals surface area (Å²) < 4.78 is 1.87. The van der Waals surface area contributed by atoms with Gasteiger partial charge in [0.15, 0.2) is 5.78 Å². The molecule has 0 spiro atoms. The molecule has 24 heavy (non-hydrogen) atoms. The van der Waals surface area contributed by atoms with Gasteiger partial charge in [-0.25, -0.2) is 4.79 Å². The van der Waals surface area contributed by atoms with Gasteiger partial charge in [-0.05, 0) is 48.0 Å². The Hall–Kier alpha value is -2.37. The van der Waals surface area contributed by atoms with Crippen molar-refractivity contribution in [1.29, 1.82) is 0 Å². The maximum absolute atomic E-state index is 11.6. The number of aromatic nitrogens is 1. The summed E-state index contributed by atoms with van der Waals surface area (Å²) in [7, 11) is 0. The lowest BCUT2D eigenvalue weighted by molar-refractivity contribution is -0.149. The van der Waals surface area contributed by atoms with Crippen molar-refractivity contribution in [2.75, 3.05) is 0 Å². The summed E-state index contributed by atoms with van der Waals surface area (Å²) in [6.07, 6.45) is 3.89. The largest absolute Gasteiger partial charge is 0.475 e. The Morgan fingerprint density at radius 1 is 1.12 bits per heavy atom. The highest BCUT2D eigenvalue weighted by Crippen LogP contribution is 2.20. The highest BCUT2D eigenvalue weighted by Gasteiger charge is 2.14. The predicted octanol–water partition coefficient (Wildman–Crippen LogP) is 3.47. The Bertz CT molecular complexity index is 803. The normalized spacial score (nSPS) is 10.9. The summed E-state index contributed by atoms with van der Waals surface area (Å²) in [6, 6.07) is 8.81. The van der Waals surface area contributed by atoms with Gasteiger partial charge in [-0.2, -0.15) is 0 Å². The number of carboxylic acids is 1. The SMILES string of the molecule is O=C(/C=C/c1cccn1Cc1cc(Cl)cc(Cl)c1)CC(=O)C(=O)O. The third-order valence-corrected chi connectivity index (χ3v) is 3.59. The molecule has 0 aliphatic carbocycles. The number of hydrogen-bond donors (Lipinski definition) is 1. The van der Waals surface area contributed by atoms with E-state index in [-0.39, 0.29) is 0 Å². The van der Waals surface area contributed by atoms with E-state index in [4.69, 9.17) is 28.3 Å². The predicted molar refractivity (Wildman–Crippen MR) is 91.3 cm³/mol. The maximum atomic E-state index is 11.6. The van der Waals surface area contributed by atoms with Crippen LogP contribution in [0.1, 0.15) is 17.7 Å². The van der Waals surface area contributed by atoms with E-state index in [0.29, 0.717) is 16.6 Å². The zero-order valence-electron chi connectivity index (χ0n) is 12.4. The molecule has 0 atom stereocenters. The van der Waals surface area contributed by atoms with Crippen molar-refractivity contribution >= 4 is 46.8 Å². The molecule has 7 heteroatoms. The lowest BCUT2D eigenvalue weighted by Crippen LogP contribution is -2.15. The van der Waals surface area contributed by atoms with Gasteiger partial charge in [0, 0.05) is 28.5 Å². The van der Waals surface area contributed by atoms with Crippen LogP contribution in [0.3, 0.4) is 0 Å². The second-order valence-corrected chi connectivity index (χ2v) is 5.92. The number of Topliss-reactive ketones (excluding diaryl/α,β-unsaturated/α-hetero) is 1. The van der Waals surface area contributed by atoms with Crippen molar-refractivity contribution in [3.05, 3.63) is 63.9 Å². The minimum atomic E-state index is -1.61. The maximum Gasteiger partial charge on any atom is 0.372 e. The van der Waals surface area contributed by atoms with Crippen molar-refractivity contribution in [2.24, 2.45) is 0 Å². The second-order valence-electron chi connectivity index (χ2n) is 5.04. The first-order valence-corrected chi connectivity index (χ1v) is 7.68. The molecular formula is C17H13Cl2NO4. The van der Waals surface area contributed by atoms with Crippen molar-refractivity contribution in [3.8, 4) is 0 Å². The smallest absolute Gasteiger partial charge is 0.372 e. The van der Waals surface area contributed by atoms with Crippen LogP contribution in [0.25, 0.3) is 6.08 Å². The first kappa shape index (κ1) is 18.0. The number of carbonyl (C=O) groups excluding carboxylic acids is 2. The van der Waals surface area contributed by atoms with E-state index in [2.05, 4.69) is 0 Å². The first-order valence-electron chi connectivity index (χ1n) is 6.92. The van der Waals surface area contributed by atoms with Gasteiger partial charge >= 0.3 is 5.97 Å². The minimum Gasteiger partial charge on any atom is -0.475 e. The lowest BCUT2D eigenvalue weighted by atomic mass is 10.2. The van der Waals surface area contributed by atoms with E-state index in [1.54, 1.807) is 30.3 Å². The average molecular weight is 366 g/mol. The summed E-state index contributed by atoms with van der Waals surface area (Å²) in [5.41, 5.74) is 1.62. The Morgan fingerprint density at radius 2 is 1.79 bits per heavy atom. The third kappa shape index (κ3) is 5.08. The fourth-order valence-electron chi connectivity index (χ4n) is 2.09. The quantitative estimate of drug-likeness (QED) is 0.463. The number of ketones is 2. The molecule has 0 aliphatic heterocycles. The number of aliphatic carboxylic acids is 1. The zero-order valence-corrected chi connectivity index (χ0v) is 13.9. The van der Waals surface area contributed by atoms with Crippen LogP contribution in [-0.4, -0.2) is 27.2 Å². The molecule has 1 aromatic carbocycles. The lowest BCUT2D eigenvalue weighted by Gasteiger charge is -2.08. The van der Waals surface area contributed by atoms with E-state index in [1.165, 1.54) is 12.2 Å². The van der Waals surface area contributed by atoms with Gasteiger partial charge in [0.05, 0.1) is 6.42 Å². The molecule has 0 fully saturated rings. The highest BCUT2D eigenvalue weighted by molar-refractivity contribution is 6.37. The van der Waals surface area contributed by atoms with Crippen molar-refractivity contribution < 1.29 is 19.5 Å². The van der Waals surface area contributed by atoms with Crippen molar-refractivity contribution in [2.45, 2.75) is 13.0 Å². The molecule has 0 amide bonds. The Kier molecular flexibility index (Phi) is 5.95. The van der Waals surface area contributed by atoms with Crippen LogP contribution in [0.5, 0.6) is 0 Å². The van der Waals surface area contributed by atoms with Gasteiger partial charge in [-0.15, -0.1) is 0 Å². The Labute approximate surface area is 148 Å². The molecule has 0 bridgehead atoms. The van der Waals surface area contributed by atoms with Gasteiger partial charge < -0.3 is 9.67 Å². The topological polar surface area (TPSA) is 76.4 Å². The molecule has 1 N–H and O–H groups in total. The number of carbonyl (C=O) groups is 3. The molecular weight excluding hydrogens is 353 g/mol. The molecule has 0 saturated carbocycles. The average Bonchev–Trinajstić information content (AvgIpc) is 2.91. The number of rotatable bonds is 7. The van der Waals surface area contributed by atoms with E-state index in [1.807, 2.05) is 10.8 Å². The minimum absolute atomic E-state index is 0.495. The van der Waals surface area contributed by atoms with Crippen LogP contribution >= 0.6 is 23.2 Å². The summed E-state index contributed by atoms with van der Waals surface area (Å²) in [5, 5.41) is 9.55. The van der Waals surface area contributed by atoms with Crippen LogP contribution < -0.4 is 0 Å². The number of carboxylic acid groups (broad SMARTS) is 1. The van der Waals surface area contributed by atoms with Gasteiger partial charge in [0.2, 0.25) is 5.78 Å². The standard InChI is InChI=1S/C17H13Cl2NO4/c18-12-6-11(7-13(19)8-12)10-20-5-1-2-14(20)3-4-15(21)9-16(22)17(23)24/h1-8H,9-10H2,(H,23,24)/b4-3+. The molecule has 0 radical (unpaired) electrons. The zero-order chi connectivity index (χ0) is 17.7. The van der Waals surface area contributed by atoms with Gasteiger partial charge in [0.25, 0.3) is 0 Å². The van der Waals surface area contributed by atoms with E-state index in [0.717, 1.165) is 11.3 Å². The number of allylic oxidation sites excluding steroid dienone is 1. The summed E-state index contributed by atoms with van der Waals surface area (Å²) in [5.74, 6) is -3.31. The van der Waals surface area contributed by atoms with Crippen LogP contribution in [-0.2, 0) is 20.9 Å². The molecule has 0 unspecified atom stereocenters. The van der Waals surface area contributed by atoms with E-state index >= 15 is 0 Å². The molecule has 2 aromatic rings. The molecule has 1 aromatic heterocycles. The van der Waals surface area contributed by atoms with Crippen LogP contribution in [0, 0.1) is 0 Å². The fourth-order valence-corrected chi connectivity index (χ4v) is 2.66. The molecule has 0 saturated heterocycles. The van der Waals surface area contributed by atoms with Gasteiger partial charge in [0.1, 0.15) is 0 Å². The Morgan fingerprint density at radius 3 is 2.42 bits per heavy atom. The van der Waals surface area contributed by atoms with Crippen molar-refractivity contribution in [1.82, 2.24) is 4.57 Å². The number of halogens is 2. The van der Waals surface area contributed by atoms with Crippen LogP contribution in [0.4, 0.5) is 0 Å². The number of benzene rings is 1. The van der Waals surface area contributed by atoms with Gasteiger partial charge in [-0.3, -0.25) is 9.59 Å². The Balaban J connectivity index is 2.10. The monoisotopic (exact) mass is 365 g/mol. The van der Waals surface area contributed by atoms with E-state index in [9.17, 15) is 14.4 Å². The number of hydrogen-bond acceptors (Lipinski definition) is 3. The molecule has 124 valence electrons. The highest BCUT2D eigenvalue weighted by atomic mass is 35.5. The van der Waals surface area contributed by atoms with Crippen LogP contribution in [0.15, 0.2) is 42.6 Å². The molecule has 1 heterocycles. The molecule has 2 rings (SSSR count). The third-order valence-electron chi connectivity index (χ3n) is 3.15. The van der Waals surface area contributed by atoms with Crippen LogP contribution in [0.2, 0.25) is 10.0 Å². The molecule has 5 nitrogen and oxygen atoms in total. The fraction of sp³-hybridized carbons (Fsp3) is 0.118. The first-order chi connectivity index (χ1) is 11.3. The summed E-state index contributed by atoms with van der Waals surface area (Å²) >= 11 is 11.9. The van der Waals surface area contributed by atoms with E-state index < -0.39 is 24.0 Å². The summed E-state index contributed by atoms with van der Waals surface area (Å²) in [6.45, 7) is 0.495. The van der Waals surface area contributed by atoms with Gasteiger partial charge in [-0.1, -0.05) is 23.2 Å². The molecule has 0 aliphatic rings. The van der Waals surface area contributed by atoms with Crippen molar-refractivity contribution in [3.63, 3.8) is 0 Å². The number of nitrogens with zero attached hydrogens (tertiary/aromatic N) is 1.